The van der Waals surface area contributed by atoms with Gasteiger partial charge in [-0.05, 0) is 49.5 Å². The van der Waals surface area contributed by atoms with Gasteiger partial charge in [-0.1, -0.05) is 0 Å². The monoisotopic (exact) mass is 354 g/mol. The van der Waals surface area contributed by atoms with Crippen molar-refractivity contribution in [2.75, 3.05) is 6.61 Å². The summed E-state index contributed by atoms with van der Waals surface area (Å²) < 4.78 is 16.2. The normalized spacial score (nSPS) is 33.2. The topological polar surface area (TPSA) is 86.0 Å². The van der Waals surface area contributed by atoms with Crippen LogP contribution in [-0.2, 0) is 19.1 Å². The van der Waals surface area contributed by atoms with Gasteiger partial charge in [-0.3, -0.25) is 0 Å². The van der Waals surface area contributed by atoms with Crippen molar-refractivity contribution in [2.45, 2.75) is 38.4 Å². The van der Waals surface area contributed by atoms with E-state index in [2.05, 4.69) is 0 Å². The smallest absolute Gasteiger partial charge is 0.335 e. The molecule has 1 spiro atoms. The lowest BCUT2D eigenvalue weighted by atomic mass is 9.66. The second-order valence-electron chi connectivity index (χ2n) is 7.35. The zero-order valence-electron chi connectivity index (χ0n) is 14.3. The maximum atomic E-state index is 12.5. The molecule has 1 N–H and O–H groups in total. The molecule has 0 unspecified atom stereocenters. The molecular formula is C20H18O6. The largest absolute Gasteiger partial charge is 0.472 e. The summed E-state index contributed by atoms with van der Waals surface area (Å²) in [5.74, 6) is -0.692. The first-order chi connectivity index (χ1) is 12.5. The highest BCUT2D eigenvalue weighted by Gasteiger charge is 2.54. The van der Waals surface area contributed by atoms with Crippen LogP contribution >= 0.6 is 0 Å². The number of hydrogen-bond acceptors (Lipinski definition) is 6. The van der Waals surface area contributed by atoms with E-state index in [-0.39, 0.29) is 18.5 Å². The maximum absolute atomic E-state index is 12.5. The van der Waals surface area contributed by atoms with E-state index in [0.717, 1.165) is 22.3 Å². The first-order valence-electron chi connectivity index (χ1n) is 8.75. The Morgan fingerprint density at radius 3 is 2.88 bits per heavy atom. The second-order valence-corrected chi connectivity index (χ2v) is 7.35. The number of esters is 2. The molecule has 5 rings (SSSR count). The Bertz CT molecular complexity index is 916. The molecule has 0 saturated carbocycles. The third-order valence-electron chi connectivity index (χ3n) is 6.10. The highest BCUT2D eigenvalue weighted by Crippen LogP contribution is 2.56. The van der Waals surface area contributed by atoms with Gasteiger partial charge in [-0.15, -0.1) is 0 Å². The van der Waals surface area contributed by atoms with Crippen LogP contribution in [0.25, 0.3) is 0 Å². The van der Waals surface area contributed by atoms with Crippen LogP contribution in [0.15, 0.2) is 57.0 Å². The minimum absolute atomic E-state index is 0.267. The molecule has 6 heteroatoms. The van der Waals surface area contributed by atoms with E-state index in [1.165, 1.54) is 0 Å². The van der Waals surface area contributed by atoms with Gasteiger partial charge in [0.25, 0.3) is 0 Å². The Labute approximate surface area is 149 Å². The summed E-state index contributed by atoms with van der Waals surface area (Å²) >= 11 is 0. The minimum Gasteiger partial charge on any atom is -0.472 e. The number of furan rings is 1. The zero-order chi connectivity index (χ0) is 18.1. The van der Waals surface area contributed by atoms with Crippen LogP contribution in [0.4, 0.5) is 0 Å². The fraction of sp³-hybridized carbons (Fsp3) is 0.400. The standard InChI is InChI=1S/C20H18O6/c1-10-14-6-12(21)7-15-19(23)25-9-20(14,15)4-2-13-16(10)17(26-18(13)22)11-3-5-24-8-11/h3,5,7-8,12,17,21H,2,4,6,9H2,1H3/t12-,17-,20-/m0/s1. The molecule has 1 aromatic heterocycles. The van der Waals surface area contributed by atoms with Gasteiger partial charge >= 0.3 is 11.9 Å². The Morgan fingerprint density at radius 1 is 1.27 bits per heavy atom. The molecule has 3 atom stereocenters. The SMILES string of the molecule is CC1=C2C[C@H](O)C=C3C(=O)OC[C@]32CCC2=C1[C@H](c1ccoc1)OC2=O. The fourth-order valence-electron chi connectivity index (χ4n) is 4.87. The Hall–Kier alpha value is -2.60. The second kappa shape index (κ2) is 5.20. The summed E-state index contributed by atoms with van der Waals surface area (Å²) in [6.45, 7) is 2.22. The maximum Gasteiger partial charge on any atom is 0.335 e. The van der Waals surface area contributed by atoms with Crippen LogP contribution < -0.4 is 0 Å². The van der Waals surface area contributed by atoms with Crippen molar-refractivity contribution in [1.29, 1.82) is 0 Å². The number of cyclic esters (lactones) is 2. The van der Waals surface area contributed by atoms with Crippen molar-refractivity contribution < 1.29 is 28.6 Å². The molecule has 0 aromatic carbocycles. The molecule has 2 aliphatic carbocycles. The predicted molar refractivity (Wildman–Crippen MR) is 88.6 cm³/mol. The fourth-order valence-corrected chi connectivity index (χ4v) is 4.87. The number of aliphatic hydroxyl groups is 1. The summed E-state index contributed by atoms with van der Waals surface area (Å²) in [7, 11) is 0. The molecule has 0 radical (unpaired) electrons. The molecule has 1 fully saturated rings. The van der Waals surface area contributed by atoms with Crippen LogP contribution in [0.5, 0.6) is 0 Å². The summed E-state index contributed by atoms with van der Waals surface area (Å²) in [6.07, 6.45) is 5.03. The molecule has 0 amide bonds. The van der Waals surface area contributed by atoms with E-state index in [1.54, 1.807) is 24.7 Å². The summed E-state index contributed by atoms with van der Waals surface area (Å²) in [5.41, 5.74) is 4.15. The Balaban J connectivity index is 1.71. The van der Waals surface area contributed by atoms with Gasteiger partial charge in [0.05, 0.1) is 24.0 Å². The number of aliphatic hydroxyl groups excluding tert-OH is 1. The van der Waals surface area contributed by atoms with E-state index in [4.69, 9.17) is 13.9 Å². The van der Waals surface area contributed by atoms with Crippen LogP contribution in [0.2, 0.25) is 0 Å². The zero-order valence-corrected chi connectivity index (χ0v) is 14.3. The van der Waals surface area contributed by atoms with Gasteiger partial charge in [0.2, 0.25) is 0 Å². The van der Waals surface area contributed by atoms with E-state index in [0.29, 0.717) is 30.4 Å². The van der Waals surface area contributed by atoms with Gasteiger partial charge < -0.3 is 19.0 Å². The van der Waals surface area contributed by atoms with Crippen molar-refractivity contribution in [2.24, 2.45) is 5.41 Å². The van der Waals surface area contributed by atoms with Crippen molar-refractivity contribution in [3.8, 4) is 0 Å². The number of hydrogen-bond donors (Lipinski definition) is 1. The summed E-state index contributed by atoms with van der Waals surface area (Å²) in [6, 6.07) is 1.79. The van der Waals surface area contributed by atoms with Crippen LogP contribution in [0.1, 0.15) is 37.9 Å². The predicted octanol–water partition coefficient (Wildman–Crippen LogP) is 2.52. The highest BCUT2D eigenvalue weighted by molar-refractivity contribution is 5.96. The number of carbonyl (C=O) groups excluding carboxylic acids is 2. The average molecular weight is 354 g/mol. The van der Waals surface area contributed by atoms with Crippen molar-refractivity contribution in [3.63, 3.8) is 0 Å². The Morgan fingerprint density at radius 2 is 2.12 bits per heavy atom. The van der Waals surface area contributed by atoms with Crippen LogP contribution in [-0.4, -0.2) is 29.8 Å². The Kier molecular flexibility index (Phi) is 3.13. The van der Waals surface area contributed by atoms with Crippen molar-refractivity contribution >= 4 is 11.9 Å². The molecule has 1 saturated heterocycles. The molecule has 134 valence electrons. The number of carbonyl (C=O) groups is 2. The van der Waals surface area contributed by atoms with Gasteiger partial charge in [0.1, 0.15) is 6.61 Å². The van der Waals surface area contributed by atoms with Gasteiger partial charge in [0, 0.05) is 22.3 Å². The number of rotatable bonds is 1. The summed E-state index contributed by atoms with van der Waals surface area (Å²) in [5, 5.41) is 10.3. The third-order valence-corrected chi connectivity index (χ3v) is 6.10. The van der Waals surface area contributed by atoms with Crippen LogP contribution in [0, 0.1) is 5.41 Å². The minimum atomic E-state index is -0.735. The summed E-state index contributed by atoms with van der Waals surface area (Å²) in [4.78, 5) is 24.8. The van der Waals surface area contributed by atoms with Crippen LogP contribution in [0.3, 0.4) is 0 Å². The number of ether oxygens (including phenoxy) is 2. The third kappa shape index (κ3) is 1.90. The molecule has 6 nitrogen and oxygen atoms in total. The van der Waals surface area contributed by atoms with Crippen molar-refractivity contribution in [3.05, 3.63) is 58.1 Å². The van der Waals surface area contributed by atoms with Crippen molar-refractivity contribution in [1.82, 2.24) is 0 Å². The lowest BCUT2D eigenvalue weighted by molar-refractivity contribution is -0.140. The lowest BCUT2D eigenvalue weighted by Crippen LogP contribution is -2.33. The van der Waals surface area contributed by atoms with Gasteiger partial charge in [0.15, 0.2) is 6.10 Å². The molecule has 0 bridgehead atoms. The quantitative estimate of drug-likeness (QED) is 0.780. The van der Waals surface area contributed by atoms with Gasteiger partial charge in [-0.2, -0.15) is 0 Å². The highest BCUT2D eigenvalue weighted by atomic mass is 16.6. The average Bonchev–Trinajstić information content (AvgIpc) is 3.30. The molecular weight excluding hydrogens is 336 g/mol. The van der Waals surface area contributed by atoms with E-state index < -0.39 is 17.6 Å². The lowest BCUT2D eigenvalue weighted by Gasteiger charge is -2.36. The molecule has 1 aromatic rings. The van der Waals surface area contributed by atoms with E-state index >= 15 is 0 Å². The van der Waals surface area contributed by atoms with E-state index in [9.17, 15) is 14.7 Å². The molecule has 3 heterocycles. The van der Waals surface area contributed by atoms with Gasteiger partial charge in [-0.25, -0.2) is 9.59 Å². The van der Waals surface area contributed by atoms with E-state index in [1.807, 2.05) is 6.92 Å². The first kappa shape index (κ1) is 15.6. The molecule has 4 aliphatic rings. The first-order valence-corrected chi connectivity index (χ1v) is 8.75. The molecule has 2 aliphatic heterocycles. The molecule has 26 heavy (non-hydrogen) atoms.